The molecular formula is C23H21N7S. The molecule has 1 atom stereocenters. The van der Waals surface area contributed by atoms with E-state index in [0.717, 1.165) is 39.1 Å². The Morgan fingerprint density at radius 1 is 1.03 bits per heavy atom. The molecular weight excluding hydrogens is 406 g/mol. The normalized spacial score (nSPS) is 12.2. The maximum atomic E-state index is 6.41. The molecule has 154 valence electrons. The minimum atomic E-state index is -0.0369. The van der Waals surface area contributed by atoms with Gasteiger partial charge in [0.2, 0.25) is 0 Å². The number of anilines is 1. The molecule has 0 spiro atoms. The second-order valence-corrected chi connectivity index (χ2v) is 8.16. The van der Waals surface area contributed by atoms with Gasteiger partial charge in [-0.25, -0.2) is 9.97 Å². The van der Waals surface area contributed by atoms with Gasteiger partial charge in [0.25, 0.3) is 0 Å². The molecule has 0 fully saturated rings. The van der Waals surface area contributed by atoms with Gasteiger partial charge in [0.1, 0.15) is 5.82 Å². The van der Waals surface area contributed by atoms with Gasteiger partial charge in [-0.05, 0) is 24.1 Å². The number of pyridine rings is 1. The van der Waals surface area contributed by atoms with E-state index in [0.29, 0.717) is 12.4 Å². The molecule has 0 bridgehead atoms. The number of hydrogen-bond acceptors (Lipinski definition) is 7. The van der Waals surface area contributed by atoms with Crippen LogP contribution in [0.5, 0.6) is 0 Å². The highest BCUT2D eigenvalue weighted by atomic mass is 32.1. The fraction of sp³-hybridized carbons (Fsp3) is 0.130. The van der Waals surface area contributed by atoms with Crippen molar-refractivity contribution in [3.8, 4) is 22.5 Å². The van der Waals surface area contributed by atoms with Crippen LogP contribution in [0, 0.1) is 0 Å². The fourth-order valence-corrected chi connectivity index (χ4v) is 4.47. The van der Waals surface area contributed by atoms with E-state index in [1.54, 1.807) is 29.9 Å². The quantitative estimate of drug-likeness (QED) is 0.361. The highest BCUT2D eigenvalue weighted by molar-refractivity contribution is 7.18. The SMILES string of the molecule is N[C@H](CNc1nc(-c2ccncc2)nc2c(-c3cn[nH]c3)csc12)Cc1ccccc1. The number of aromatic amines is 1. The molecule has 7 nitrogen and oxygen atoms in total. The lowest BCUT2D eigenvalue weighted by Gasteiger charge is -2.14. The van der Waals surface area contributed by atoms with E-state index in [-0.39, 0.29) is 6.04 Å². The summed E-state index contributed by atoms with van der Waals surface area (Å²) in [6, 6.07) is 14.1. The van der Waals surface area contributed by atoms with Gasteiger partial charge >= 0.3 is 0 Å². The minimum Gasteiger partial charge on any atom is -0.367 e. The molecule has 8 heteroatoms. The topological polar surface area (TPSA) is 105 Å². The van der Waals surface area contributed by atoms with Crippen molar-refractivity contribution in [3.63, 3.8) is 0 Å². The van der Waals surface area contributed by atoms with Gasteiger partial charge in [-0.3, -0.25) is 10.1 Å². The van der Waals surface area contributed by atoms with Crippen molar-refractivity contribution in [2.24, 2.45) is 5.73 Å². The lowest BCUT2D eigenvalue weighted by Crippen LogP contribution is -2.31. The third-order valence-corrected chi connectivity index (χ3v) is 6.01. The first kappa shape index (κ1) is 19.3. The van der Waals surface area contributed by atoms with Crippen LogP contribution in [0.2, 0.25) is 0 Å². The molecule has 1 aromatic carbocycles. The molecule has 5 rings (SSSR count). The second-order valence-electron chi connectivity index (χ2n) is 7.28. The molecule has 4 aromatic heterocycles. The molecule has 0 saturated carbocycles. The number of fused-ring (bicyclic) bond motifs is 1. The van der Waals surface area contributed by atoms with Crippen molar-refractivity contribution in [1.29, 1.82) is 0 Å². The molecule has 0 aliphatic carbocycles. The Morgan fingerprint density at radius 3 is 2.65 bits per heavy atom. The van der Waals surface area contributed by atoms with Gasteiger partial charge < -0.3 is 11.1 Å². The van der Waals surface area contributed by atoms with Crippen LogP contribution in [-0.2, 0) is 6.42 Å². The Bertz CT molecular complexity index is 1270. The van der Waals surface area contributed by atoms with E-state index in [2.05, 4.69) is 38.0 Å². The van der Waals surface area contributed by atoms with E-state index in [9.17, 15) is 0 Å². The Labute approximate surface area is 183 Å². The summed E-state index contributed by atoms with van der Waals surface area (Å²) in [5, 5.41) is 12.5. The highest BCUT2D eigenvalue weighted by Gasteiger charge is 2.17. The van der Waals surface area contributed by atoms with Crippen molar-refractivity contribution < 1.29 is 0 Å². The zero-order valence-corrected chi connectivity index (χ0v) is 17.5. The maximum absolute atomic E-state index is 6.41. The first-order chi connectivity index (χ1) is 15.3. The highest BCUT2D eigenvalue weighted by Crippen LogP contribution is 2.37. The summed E-state index contributed by atoms with van der Waals surface area (Å²) < 4.78 is 1.00. The summed E-state index contributed by atoms with van der Waals surface area (Å²) in [7, 11) is 0. The lowest BCUT2D eigenvalue weighted by atomic mass is 10.1. The standard InChI is InChI=1S/C23H21N7S/c24-18(10-15-4-2-1-3-5-15)13-26-23-21-20(19(14-31-21)17-11-27-28-12-17)29-22(30-23)16-6-8-25-9-7-16/h1-9,11-12,14,18H,10,13,24H2,(H,27,28)(H,26,29,30)/t18-/m0/s1. The number of H-pyrrole nitrogens is 1. The van der Waals surface area contributed by atoms with Crippen molar-refractivity contribution in [2.45, 2.75) is 12.5 Å². The van der Waals surface area contributed by atoms with Gasteiger partial charge in [0.05, 0.1) is 16.4 Å². The summed E-state index contributed by atoms with van der Waals surface area (Å²) in [6.45, 7) is 0.607. The first-order valence-electron chi connectivity index (χ1n) is 10.00. The van der Waals surface area contributed by atoms with E-state index >= 15 is 0 Å². The number of nitrogens with one attached hydrogen (secondary N) is 2. The molecule has 5 aromatic rings. The molecule has 0 amide bonds. The van der Waals surface area contributed by atoms with Gasteiger partial charge in [0, 0.05) is 53.2 Å². The number of rotatable bonds is 7. The van der Waals surface area contributed by atoms with Gasteiger partial charge in [-0.15, -0.1) is 11.3 Å². The Balaban J connectivity index is 1.49. The molecule has 4 N–H and O–H groups in total. The minimum absolute atomic E-state index is 0.0369. The predicted octanol–water partition coefficient (Wildman–Crippen LogP) is 4.13. The van der Waals surface area contributed by atoms with Gasteiger partial charge in [-0.2, -0.15) is 5.10 Å². The number of nitrogens with zero attached hydrogens (tertiary/aromatic N) is 4. The van der Waals surface area contributed by atoms with E-state index in [1.807, 2.05) is 36.5 Å². The van der Waals surface area contributed by atoms with E-state index in [4.69, 9.17) is 15.7 Å². The number of nitrogens with two attached hydrogens (primary N) is 1. The van der Waals surface area contributed by atoms with Crippen LogP contribution >= 0.6 is 11.3 Å². The Kier molecular flexibility index (Phi) is 5.39. The number of aromatic nitrogens is 5. The summed E-state index contributed by atoms with van der Waals surface area (Å²) in [6.07, 6.45) is 7.97. The Morgan fingerprint density at radius 2 is 1.87 bits per heavy atom. The largest absolute Gasteiger partial charge is 0.367 e. The summed E-state index contributed by atoms with van der Waals surface area (Å²) in [4.78, 5) is 13.8. The molecule has 0 aliphatic rings. The van der Waals surface area contributed by atoms with Crippen molar-refractivity contribution in [2.75, 3.05) is 11.9 Å². The fourth-order valence-electron chi connectivity index (χ4n) is 3.49. The second kappa shape index (κ2) is 8.63. The molecule has 0 aliphatic heterocycles. The van der Waals surface area contributed by atoms with Crippen LogP contribution in [0.15, 0.2) is 72.6 Å². The maximum Gasteiger partial charge on any atom is 0.162 e. The van der Waals surface area contributed by atoms with Gasteiger partial charge in [0.15, 0.2) is 5.82 Å². The number of hydrogen-bond donors (Lipinski definition) is 3. The van der Waals surface area contributed by atoms with Crippen molar-refractivity contribution in [1.82, 2.24) is 25.1 Å². The predicted molar refractivity (Wildman–Crippen MR) is 125 cm³/mol. The number of benzene rings is 1. The average Bonchev–Trinajstić information content (AvgIpc) is 3.48. The Hall–Kier alpha value is -3.62. The molecule has 4 heterocycles. The first-order valence-corrected chi connectivity index (χ1v) is 10.9. The van der Waals surface area contributed by atoms with Gasteiger partial charge in [-0.1, -0.05) is 30.3 Å². The monoisotopic (exact) mass is 427 g/mol. The van der Waals surface area contributed by atoms with Crippen LogP contribution in [0.4, 0.5) is 5.82 Å². The van der Waals surface area contributed by atoms with Crippen molar-refractivity contribution >= 4 is 27.4 Å². The average molecular weight is 428 g/mol. The van der Waals surface area contributed by atoms with E-state index < -0.39 is 0 Å². The smallest absolute Gasteiger partial charge is 0.162 e. The van der Waals surface area contributed by atoms with E-state index in [1.165, 1.54) is 5.56 Å². The number of thiophene rings is 1. The third-order valence-electron chi connectivity index (χ3n) is 5.04. The van der Waals surface area contributed by atoms with Crippen molar-refractivity contribution in [3.05, 3.63) is 78.2 Å². The zero-order valence-electron chi connectivity index (χ0n) is 16.7. The summed E-state index contributed by atoms with van der Waals surface area (Å²) in [5.74, 6) is 1.44. The van der Waals surface area contributed by atoms with Crippen LogP contribution in [0.1, 0.15) is 5.56 Å². The zero-order chi connectivity index (χ0) is 21.0. The lowest BCUT2D eigenvalue weighted by molar-refractivity contribution is 0.698. The van der Waals surface area contributed by atoms with Crippen LogP contribution in [0.25, 0.3) is 32.7 Å². The van der Waals surface area contributed by atoms with Crippen LogP contribution < -0.4 is 11.1 Å². The molecule has 0 radical (unpaired) electrons. The molecule has 0 saturated heterocycles. The third kappa shape index (κ3) is 4.16. The summed E-state index contributed by atoms with van der Waals surface area (Å²) in [5.41, 5.74) is 11.5. The summed E-state index contributed by atoms with van der Waals surface area (Å²) >= 11 is 1.62. The molecule has 0 unspecified atom stereocenters. The molecule has 31 heavy (non-hydrogen) atoms. The van der Waals surface area contributed by atoms with Crippen LogP contribution in [0.3, 0.4) is 0 Å². The van der Waals surface area contributed by atoms with Crippen LogP contribution in [-0.4, -0.2) is 37.7 Å².